The van der Waals surface area contributed by atoms with Crippen molar-refractivity contribution in [1.82, 2.24) is 4.31 Å². The number of hydrogen-bond acceptors (Lipinski definition) is 4. The molecule has 0 spiro atoms. The topological polar surface area (TPSA) is 90.3 Å². The number of nitrogens with zero attached hydrogens (tertiary/aromatic N) is 2. The predicted molar refractivity (Wildman–Crippen MR) is 73.3 cm³/mol. The first-order valence-corrected chi connectivity index (χ1v) is 7.75. The molecule has 1 saturated heterocycles. The van der Waals surface area contributed by atoms with E-state index in [1.165, 1.54) is 16.4 Å². The third-order valence-electron chi connectivity index (χ3n) is 3.06. The molecule has 0 bridgehead atoms. The number of amides is 1. The molecule has 0 aromatic heterocycles. The summed E-state index contributed by atoms with van der Waals surface area (Å²) in [6, 6.07) is 7.84. The Morgan fingerprint density at radius 1 is 1.35 bits per heavy atom. The molecule has 6 nitrogen and oxygen atoms in total. The van der Waals surface area contributed by atoms with Crippen molar-refractivity contribution >= 4 is 21.6 Å². The van der Waals surface area contributed by atoms with Gasteiger partial charge in [0.1, 0.15) is 6.42 Å². The molecular weight excluding hydrogens is 278 g/mol. The largest absolute Gasteiger partial charge is 0.325 e. The van der Waals surface area contributed by atoms with E-state index in [9.17, 15) is 13.2 Å². The van der Waals surface area contributed by atoms with Crippen molar-refractivity contribution in [1.29, 1.82) is 5.26 Å². The third kappa shape index (κ3) is 3.15. The molecule has 0 saturated carbocycles. The number of nitriles is 1. The van der Waals surface area contributed by atoms with Crippen molar-refractivity contribution in [3.05, 3.63) is 24.3 Å². The van der Waals surface area contributed by atoms with Crippen LogP contribution in [0.3, 0.4) is 0 Å². The van der Waals surface area contributed by atoms with E-state index in [4.69, 9.17) is 5.26 Å². The van der Waals surface area contributed by atoms with Crippen LogP contribution in [0.5, 0.6) is 0 Å². The van der Waals surface area contributed by atoms with E-state index in [0.717, 1.165) is 12.8 Å². The Bertz CT molecular complexity index is 643. The summed E-state index contributed by atoms with van der Waals surface area (Å²) in [5.41, 5.74) is 0.380. The molecule has 7 heteroatoms. The monoisotopic (exact) mass is 293 g/mol. The number of hydrogen-bond donors (Lipinski definition) is 1. The number of rotatable bonds is 4. The van der Waals surface area contributed by atoms with Crippen LogP contribution in [0.4, 0.5) is 5.69 Å². The summed E-state index contributed by atoms with van der Waals surface area (Å²) in [6.45, 7) is 1.07. The highest BCUT2D eigenvalue weighted by molar-refractivity contribution is 7.89. The van der Waals surface area contributed by atoms with Crippen molar-refractivity contribution in [2.24, 2.45) is 0 Å². The standard InChI is InChI=1S/C13H15N3O3S/c14-7-6-13(17)15-11-4-3-5-12(10-11)20(18,19)16-8-1-2-9-16/h3-5,10H,1-2,6,8-9H2,(H,15,17). The minimum Gasteiger partial charge on any atom is -0.325 e. The minimum absolute atomic E-state index is 0.161. The summed E-state index contributed by atoms with van der Waals surface area (Å²) >= 11 is 0. The van der Waals surface area contributed by atoms with Crippen molar-refractivity contribution < 1.29 is 13.2 Å². The molecule has 0 atom stereocenters. The van der Waals surface area contributed by atoms with Crippen LogP contribution < -0.4 is 5.32 Å². The van der Waals surface area contributed by atoms with Gasteiger partial charge in [0.05, 0.1) is 11.0 Å². The molecule has 1 aliphatic rings. The van der Waals surface area contributed by atoms with E-state index >= 15 is 0 Å². The van der Waals surface area contributed by atoms with Crippen LogP contribution in [0.15, 0.2) is 29.2 Å². The van der Waals surface area contributed by atoms with Crippen LogP contribution in [-0.4, -0.2) is 31.7 Å². The van der Waals surface area contributed by atoms with Crippen molar-refractivity contribution in [2.75, 3.05) is 18.4 Å². The molecule has 20 heavy (non-hydrogen) atoms. The molecule has 1 N–H and O–H groups in total. The van der Waals surface area contributed by atoms with Crippen LogP contribution >= 0.6 is 0 Å². The lowest BCUT2D eigenvalue weighted by Gasteiger charge is -2.16. The first-order valence-electron chi connectivity index (χ1n) is 6.31. The SMILES string of the molecule is N#CCC(=O)Nc1cccc(S(=O)(=O)N2CCCC2)c1. The van der Waals surface area contributed by atoms with E-state index in [0.29, 0.717) is 18.8 Å². The highest BCUT2D eigenvalue weighted by atomic mass is 32.2. The Balaban J connectivity index is 2.21. The van der Waals surface area contributed by atoms with Crippen LogP contribution in [0.2, 0.25) is 0 Å². The van der Waals surface area contributed by atoms with Gasteiger partial charge in [0.25, 0.3) is 0 Å². The Hall–Kier alpha value is -1.91. The van der Waals surface area contributed by atoms with Gasteiger partial charge >= 0.3 is 0 Å². The van der Waals surface area contributed by atoms with Gasteiger partial charge in [-0.25, -0.2) is 8.42 Å². The summed E-state index contributed by atoms with van der Waals surface area (Å²) in [7, 11) is -3.49. The summed E-state index contributed by atoms with van der Waals surface area (Å²) in [6.07, 6.45) is 1.48. The lowest BCUT2D eigenvalue weighted by atomic mass is 10.3. The average molecular weight is 293 g/mol. The van der Waals surface area contributed by atoms with E-state index in [2.05, 4.69) is 5.32 Å². The van der Waals surface area contributed by atoms with Crippen LogP contribution in [0.25, 0.3) is 0 Å². The Kier molecular flexibility index (Phi) is 4.37. The summed E-state index contributed by atoms with van der Waals surface area (Å²) in [5, 5.41) is 10.9. The quantitative estimate of drug-likeness (QED) is 0.906. The van der Waals surface area contributed by atoms with E-state index in [1.54, 1.807) is 18.2 Å². The van der Waals surface area contributed by atoms with Crippen LogP contribution in [0.1, 0.15) is 19.3 Å². The van der Waals surface area contributed by atoms with Gasteiger partial charge in [0, 0.05) is 18.8 Å². The lowest BCUT2D eigenvalue weighted by molar-refractivity contribution is -0.115. The highest BCUT2D eigenvalue weighted by Gasteiger charge is 2.27. The van der Waals surface area contributed by atoms with E-state index in [-0.39, 0.29) is 11.3 Å². The molecule has 0 aliphatic carbocycles. The number of benzene rings is 1. The number of nitrogens with one attached hydrogen (secondary N) is 1. The second kappa shape index (κ2) is 6.03. The Morgan fingerprint density at radius 3 is 2.70 bits per heavy atom. The second-order valence-corrected chi connectivity index (χ2v) is 6.46. The van der Waals surface area contributed by atoms with Crippen LogP contribution in [0, 0.1) is 11.3 Å². The third-order valence-corrected chi connectivity index (χ3v) is 4.95. The molecule has 1 fully saturated rings. The molecule has 1 aromatic carbocycles. The summed E-state index contributed by atoms with van der Waals surface area (Å²) < 4.78 is 26.2. The number of sulfonamides is 1. The molecule has 0 unspecified atom stereocenters. The fourth-order valence-electron chi connectivity index (χ4n) is 2.09. The van der Waals surface area contributed by atoms with Gasteiger partial charge in [-0.1, -0.05) is 6.07 Å². The van der Waals surface area contributed by atoms with E-state index < -0.39 is 15.9 Å². The van der Waals surface area contributed by atoms with E-state index in [1.807, 2.05) is 0 Å². The van der Waals surface area contributed by atoms with Gasteiger partial charge < -0.3 is 5.32 Å². The maximum atomic E-state index is 12.4. The Labute approximate surface area is 118 Å². The molecule has 0 radical (unpaired) electrons. The molecule has 106 valence electrons. The zero-order chi connectivity index (χ0) is 14.6. The second-order valence-electron chi connectivity index (χ2n) is 4.52. The predicted octanol–water partition coefficient (Wildman–Crippen LogP) is 1.32. The molecule has 1 aromatic rings. The minimum atomic E-state index is -3.49. The lowest BCUT2D eigenvalue weighted by Crippen LogP contribution is -2.27. The van der Waals surface area contributed by atoms with Crippen molar-refractivity contribution in [3.8, 4) is 6.07 Å². The normalized spacial score (nSPS) is 15.8. The van der Waals surface area contributed by atoms with Gasteiger partial charge in [-0.2, -0.15) is 9.57 Å². The zero-order valence-electron chi connectivity index (χ0n) is 10.9. The van der Waals surface area contributed by atoms with Crippen molar-refractivity contribution in [2.45, 2.75) is 24.2 Å². The number of carbonyl (C=O) groups is 1. The van der Waals surface area contributed by atoms with Crippen LogP contribution in [-0.2, 0) is 14.8 Å². The van der Waals surface area contributed by atoms with Gasteiger partial charge in [0.2, 0.25) is 15.9 Å². The van der Waals surface area contributed by atoms with Gasteiger partial charge in [-0.3, -0.25) is 4.79 Å². The fraction of sp³-hybridized carbons (Fsp3) is 0.385. The molecule has 1 heterocycles. The number of anilines is 1. The maximum absolute atomic E-state index is 12.4. The molecule has 1 amide bonds. The summed E-state index contributed by atoms with van der Waals surface area (Å²) in [4.78, 5) is 11.5. The van der Waals surface area contributed by atoms with Gasteiger partial charge in [-0.15, -0.1) is 0 Å². The average Bonchev–Trinajstić information content (AvgIpc) is 2.94. The highest BCUT2D eigenvalue weighted by Crippen LogP contribution is 2.23. The maximum Gasteiger partial charge on any atom is 0.243 e. The molecule has 2 rings (SSSR count). The van der Waals surface area contributed by atoms with Crippen molar-refractivity contribution in [3.63, 3.8) is 0 Å². The Morgan fingerprint density at radius 2 is 2.05 bits per heavy atom. The van der Waals surface area contributed by atoms with Gasteiger partial charge in [-0.05, 0) is 31.0 Å². The smallest absolute Gasteiger partial charge is 0.243 e. The molecular formula is C13H15N3O3S. The summed E-state index contributed by atoms with van der Waals surface area (Å²) in [5.74, 6) is -0.455. The number of carbonyl (C=O) groups excluding carboxylic acids is 1. The fourth-order valence-corrected chi connectivity index (χ4v) is 3.65. The van der Waals surface area contributed by atoms with Gasteiger partial charge in [0.15, 0.2) is 0 Å². The molecule has 1 aliphatic heterocycles. The first kappa shape index (κ1) is 14.5. The first-order chi connectivity index (χ1) is 9.54. The zero-order valence-corrected chi connectivity index (χ0v) is 11.7.